The molecule has 3 heterocycles. The van der Waals surface area contributed by atoms with Gasteiger partial charge >= 0.3 is 6.18 Å². The van der Waals surface area contributed by atoms with E-state index in [0.29, 0.717) is 44.2 Å². The van der Waals surface area contributed by atoms with Gasteiger partial charge in [-0.15, -0.1) is 0 Å². The van der Waals surface area contributed by atoms with E-state index in [4.69, 9.17) is 0 Å². The van der Waals surface area contributed by atoms with Crippen molar-refractivity contribution in [2.24, 2.45) is 0 Å². The summed E-state index contributed by atoms with van der Waals surface area (Å²) in [6.45, 7) is 2.25. The Hall–Kier alpha value is -2.82. The van der Waals surface area contributed by atoms with E-state index in [1.165, 1.54) is 0 Å². The average molecular weight is 470 g/mol. The molecule has 1 N–H and O–H groups in total. The van der Waals surface area contributed by atoms with Gasteiger partial charge in [-0.2, -0.15) is 18.3 Å². The Labute approximate surface area is 186 Å². The van der Waals surface area contributed by atoms with Gasteiger partial charge in [0.2, 0.25) is 0 Å². The number of hydrogen-bond donors (Lipinski definition) is 1. The summed E-state index contributed by atoms with van der Waals surface area (Å²) >= 11 is 0. The van der Waals surface area contributed by atoms with Crippen LogP contribution in [0.1, 0.15) is 58.1 Å². The molecule has 1 saturated heterocycles. The van der Waals surface area contributed by atoms with Crippen LogP contribution in [0.15, 0.2) is 12.1 Å². The first kappa shape index (κ1) is 23.3. The van der Waals surface area contributed by atoms with Gasteiger partial charge in [-0.25, -0.2) is 8.78 Å². The van der Waals surface area contributed by atoms with Crippen LogP contribution in [0.4, 0.5) is 22.0 Å². The van der Waals surface area contributed by atoms with Crippen molar-refractivity contribution in [1.82, 2.24) is 20.0 Å². The maximum Gasteiger partial charge on any atom is 0.419 e. The van der Waals surface area contributed by atoms with Crippen LogP contribution in [-0.4, -0.2) is 58.4 Å². The van der Waals surface area contributed by atoms with E-state index in [1.54, 1.807) is 4.90 Å². The Kier molecular flexibility index (Phi) is 6.51. The molecule has 0 radical (unpaired) electrons. The van der Waals surface area contributed by atoms with Crippen molar-refractivity contribution in [2.45, 2.75) is 44.3 Å². The lowest BCUT2D eigenvalue weighted by Crippen LogP contribution is -2.39. The number of fused-ring (bicyclic) bond motifs is 1. The average Bonchev–Trinajstić information content (AvgIpc) is 3.21. The molecule has 6 nitrogen and oxygen atoms in total. The second-order valence-electron chi connectivity index (χ2n) is 8.40. The number of nitrogens with one attached hydrogen (secondary N) is 1. The second-order valence-corrected chi connectivity index (χ2v) is 8.40. The van der Waals surface area contributed by atoms with Gasteiger partial charge in [-0.05, 0) is 36.8 Å². The standard InChI is InChI=1S/C22H23F5N4O2/c23-16-3-2-14(18(19(16)24)22(25,26)27)13-4-9-31(10-5-13)21(33)20-15-6-8-30(7-1-11-32)12-17(15)28-29-20/h2-3,11,13H,1,4-10,12H2,(H,28,29). The van der Waals surface area contributed by atoms with Gasteiger partial charge in [0.25, 0.3) is 5.91 Å². The van der Waals surface area contributed by atoms with Gasteiger partial charge in [-0.1, -0.05) is 6.07 Å². The quantitative estimate of drug-likeness (QED) is 0.535. The number of piperidine rings is 1. The predicted octanol–water partition coefficient (Wildman–Crippen LogP) is 3.67. The van der Waals surface area contributed by atoms with E-state index in [2.05, 4.69) is 15.1 Å². The summed E-state index contributed by atoms with van der Waals surface area (Å²) in [5.41, 5.74) is 0.113. The maximum atomic E-state index is 14.0. The number of H-pyrrole nitrogens is 1. The molecule has 0 saturated carbocycles. The first-order valence-electron chi connectivity index (χ1n) is 10.8. The third-order valence-electron chi connectivity index (χ3n) is 6.41. The van der Waals surface area contributed by atoms with E-state index in [-0.39, 0.29) is 37.4 Å². The highest BCUT2D eigenvalue weighted by Gasteiger charge is 2.41. The van der Waals surface area contributed by atoms with Crippen molar-refractivity contribution >= 4 is 12.2 Å². The lowest BCUT2D eigenvalue weighted by molar-refractivity contribution is -0.141. The minimum Gasteiger partial charge on any atom is -0.337 e. The summed E-state index contributed by atoms with van der Waals surface area (Å²) in [7, 11) is 0. The SMILES string of the molecule is O=CCCN1CCc2c(C(=O)N3CCC(c4ccc(F)c(F)c4C(F)(F)F)CC3)n[nH]c2C1. The number of hydrogen-bond acceptors (Lipinski definition) is 4. The molecular formula is C22H23F5N4O2. The summed E-state index contributed by atoms with van der Waals surface area (Å²) < 4.78 is 67.6. The van der Waals surface area contributed by atoms with Crippen LogP contribution in [0.25, 0.3) is 0 Å². The van der Waals surface area contributed by atoms with Gasteiger partial charge in [-0.3, -0.25) is 14.8 Å². The van der Waals surface area contributed by atoms with Crippen LogP contribution < -0.4 is 0 Å². The van der Waals surface area contributed by atoms with E-state index >= 15 is 0 Å². The number of alkyl halides is 3. The molecule has 2 aliphatic heterocycles. The van der Waals surface area contributed by atoms with Gasteiger partial charge in [0, 0.05) is 44.7 Å². The molecule has 0 atom stereocenters. The highest BCUT2D eigenvalue weighted by molar-refractivity contribution is 5.94. The molecule has 1 aromatic heterocycles. The van der Waals surface area contributed by atoms with Crippen molar-refractivity contribution in [2.75, 3.05) is 26.2 Å². The molecule has 0 aliphatic carbocycles. The van der Waals surface area contributed by atoms with Crippen molar-refractivity contribution in [3.8, 4) is 0 Å². The topological polar surface area (TPSA) is 69.3 Å². The number of likely N-dealkylation sites (tertiary alicyclic amines) is 1. The zero-order valence-corrected chi connectivity index (χ0v) is 17.7. The Morgan fingerprint density at radius 1 is 1.18 bits per heavy atom. The van der Waals surface area contributed by atoms with E-state index in [0.717, 1.165) is 23.6 Å². The number of halogens is 5. The number of aromatic nitrogens is 2. The van der Waals surface area contributed by atoms with Crippen molar-refractivity contribution < 1.29 is 31.5 Å². The number of nitrogens with zero attached hydrogens (tertiary/aromatic N) is 3. The van der Waals surface area contributed by atoms with Crippen molar-refractivity contribution in [3.63, 3.8) is 0 Å². The smallest absolute Gasteiger partial charge is 0.337 e. The molecule has 0 bridgehead atoms. The second kappa shape index (κ2) is 9.20. The molecule has 2 aromatic rings. The number of amides is 1. The van der Waals surface area contributed by atoms with Gasteiger partial charge in [0.1, 0.15) is 6.29 Å². The van der Waals surface area contributed by atoms with E-state index in [9.17, 15) is 31.5 Å². The van der Waals surface area contributed by atoms with Crippen molar-refractivity contribution in [1.29, 1.82) is 0 Å². The zero-order valence-electron chi connectivity index (χ0n) is 17.7. The zero-order chi connectivity index (χ0) is 23.8. The fourth-order valence-corrected chi connectivity index (χ4v) is 4.71. The maximum absolute atomic E-state index is 14.0. The Morgan fingerprint density at radius 3 is 2.58 bits per heavy atom. The molecule has 33 heavy (non-hydrogen) atoms. The number of benzene rings is 1. The molecule has 4 rings (SSSR count). The Bertz CT molecular complexity index is 1040. The molecule has 0 spiro atoms. The number of carbonyl (C=O) groups excluding carboxylic acids is 2. The first-order valence-corrected chi connectivity index (χ1v) is 10.8. The van der Waals surface area contributed by atoms with Crippen LogP contribution in [0, 0.1) is 11.6 Å². The highest BCUT2D eigenvalue weighted by Crippen LogP contribution is 2.41. The number of aldehydes is 1. The lowest BCUT2D eigenvalue weighted by atomic mass is 9.85. The summed E-state index contributed by atoms with van der Waals surface area (Å²) in [6, 6.07) is 1.70. The third kappa shape index (κ3) is 4.64. The molecule has 1 fully saturated rings. The van der Waals surface area contributed by atoms with Crippen LogP contribution in [0.5, 0.6) is 0 Å². The van der Waals surface area contributed by atoms with Crippen LogP contribution >= 0.6 is 0 Å². The van der Waals surface area contributed by atoms with Crippen LogP contribution in [0.2, 0.25) is 0 Å². The predicted molar refractivity (Wildman–Crippen MR) is 107 cm³/mol. The molecular weight excluding hydrogens is 447 g/mol. The summed E-state index contributed by atoms with van der Waals surface area (Å²) in [5.74, 6) is -4.36. The van der Waals surface area contributed by atoms with Crippen molar-refractivity contribution in [3.05, 3.63) is 51.8 Å². The Balaban J connectivity index is 1.45. The van der Waals surface area contributed by atoms with Crippen LogP contribution in [0.3, 0.4) is 0 Å². The fraction of sp³-hybridized carbons (Fsp3) is 0.500. The molecule has 0 unspecified atom stereocenters. The van der Waals surface area contributed by atoms with Gasteiger partial charge in [0.15, 0.2) is 17.3 Å². The fourth-order valence-electron chi connectivity index (χ4n) is 4.71. The summed E-state index contributed by atoms with van der Waals surface area (Å²) in [4.78, 5) is 27.3. The van der Waals surface area contributed by atoms with Crippen LogP contribution in [-0.2, 0) is 23.9 Å². The number of carbonyl (C=O) groups is 2. The summed E-state index contributed by atoms with van der Waals surface area (Å²) in [5, 5.41) is 7.07. The monoisotopic (exact) mass is 470 g/mol. The van der Waals surface area contributed by atoms with Gasteiger partial charge < -0.3 is 9.69 Å². The number of aromatic amines is 1. The lowest BCUT2D eigenvalue weighted by Gasteiger charge is -2.33. The molecule has 1 amide bonds. The minimum absolute atomic E-state index is 0.187. The first-order chi connectivity index (χ1) is 15.7. The van der Waals surface area contributed by atoms with Gasteiger partial charge in [0.05, 0.1) is 11.3 Å². The molecule has 11 heteroatoms. The molecule has 2 aliphatic rings. The van der Waals surface area contributed by atoms with E-state index < -0.39 is 29.3 Å². The molecule has 178 valence electrons. The normalized spacial score (nSPS) is 17.8. The molecule has 1 aromatic carbocycles. The Morgan fingerprint density at radius 2 is 1.91 bits per heavy atom. The number of rotatable bonds is 5. The largest absolute Gasteiger partial charge is 0.419 e. The summed E-state index contributed by atoms with van der Waals surface area (Å²) in [6.07, 6.45) is -2.72. The highest BCUT2D eigenvalue weighted by atomic mass is 19.4. The third-order valence-corrected chi connectivity index (χ3v) is 6.41. The minimum atomic E-state index is -5.01. The van der Waals surface area contributed by atoms with E-state index in [1.807, 2.05) is 0 Å².